The fraction of sp³-hybridized carbons (Fsp3) is 0.400. The number of aryl methyl sites for hydroxylation is 1. The monoisotopic (exact) mass is 167 g/mol. The molecule has 0 atom stereocenters. The fourth-order valence-electron chi connectivity index (χ4n) is 0.862. The van der Waals surface area contributed by atoms with Gasteiger partial charge in [0, 0.05) is 0 Å². The molecule has 68 valence electrons. The molecule has 0 aliphatic carbocycles. The molecule has 1 aromatic carbocycles. The van der Waals surface area contributed by atoms with Crippen molar-refractivity contribution >= 4 is 0 Å². The molecule has 0 fully saturated rings. The minimum Gasteiger partial charge on any atom is -0.300 e. The zero-order chi connectivity index (χ0) is 9.40. The Balaban J connectivity index is 0.000000561. The predicted molar refractivity (Wildman–Crippen MR) is 51.5 cm³/mol. The highest BCUT2D eigenvalue weighted by atomic mass is 16.6. The summed E-state index contributed by atoms with van der Waals surface area (Å²) < 4.78 is 0. The Morgan fingerprint density at radius 1 is 1.25 bits per heavy atom. The molecular formula is C10H17NO. The van der Waals surface area contributed by atoms with Gasteiger partial charge in [-0.05, 0) is 18.1 Å². The van der Waals surface area contributed by atoms with Crippen LogP contribution in [0.1, 0.15) is 25.0 Å². The Hall–Kier alpha value is -0.860. The van der Waals surface area contributed by atoms with E-state index in [0.29, 0.717) is 6.61 Å². The van der Waals surface area contributed by atoms with E-state index in [9.17, 15) is 0 Å². The summed E-state index contributed by atoms with van der Waals surface area (Å²) in [5, 5.41) is 0. The lowest BCUT2D eigenvalue weighted by Gasteiger charge is -2.01. The molecule has 0 saturated carbocycles. The average molecular weight is 167 g/mol. The van der Waals surface area contributed by atoms with Crippen LogP contribution in [0.15, 0.2) is 24.3 Å². The van der Waals surface area contributed by atoms with Gasteiger partial charge in [0.2, 0.25) is 0 Å². The van der Waals surface area contributed by atoms with Crippen LogP contribution in [0.2, 0.25) is 0 Å². The quantitative estimate of drug-likeness (QED) is 0.686. The van der Waals surface area contributed by atoms with Gasteiger partial charge in [0.05, 0.1) is 6.61 Å². The molecule has 0 aliphatic heterocycles. The summed E-state index contributed by atoms with van der Waals surface area (Å²) in [7, 11) is 0. The van der Waals surface area contributed by atoms with Crippen LogP contribution in [0.25, 0.3) is 0 Å². The summed E-state index contributed by atoms with van der Waals surface area (Å²) in [6, 6.07) is 8.01. The average Bonchev–Trinajstić information content (AvgIpc) is 2.13. The molecule has 12 heavy (non-hydrogen) atoms. The maximum atomic E-state index is 4.93. The van der Waals surface area contributed by atoms with Crippen LogP contribution in [0.4, 0.5) is 0 Å². The Morgan fingerprint density at radius 3 is 2.33 bits per heavy atom. The molecule has 0 saturated heterocycles. The van der Waals surface area contributed by atoms with Gasteiger partial charge in [-0.1, -0.05) is 38.1 Å². The molecular weight excluding hydrogens is 150 g/mol. The molecule has 2 N–H and O–H groups in total. The van der Waals surface area contributed by atoms with E-state index in [1.807, 2.05) is 45.0 Å². The van der Waals surface area contributed by atoms with E-state index in [1.54, 1.807) is 0 Å². The largest absolute Gasteiger partial charge is 0.300 e. The summed E-state index contributed by atoms with van der Waals surface area (Å²) >= 11 is 0. The fourth-order valence-corrected chi connectivity index (χ4v) is 0.862. The zero-order valence-corrected chi connectivity index (χ0v) is 8.00. The second-order valence-corrected chi connectivity index (χ2v) is 2.24. The third kappa shape index (κ3) is 3.51. The van der Waals surface area contributed by atoms with Crippen molar-refractivity contribution in [2.75, 3.05) is 0 Å². The third-order valence-electron chi connectivity index (χ3n) is 1.50. The SMILES string of the molecule is CC.Cc1ccccc1CON. The van der Waals surface area contributed by atoms with E-state index in [1.165, 1.54) is 5.56 Å². The van der Waals surface area contributed by atoms with Crippen LogP contribution >= 0.6 is 0 Å². The van der Waals surface area contributed by atoms with E-state index in [4.69, 9.17) is 5.90 Å². The second-order valence-electron chi connectivity index (χ2n) is 2.24. The predicted octanol–water partition coefficient (Wildman–Crippen LogP) is 2.41. The first-order valence-corrected chi connectivity index (χ1v) is 4.21. The molecule has 0 unspecified atom stereocenters. The molecule has 0 amide bonds. The van der Waals surface area contributed by atoms with Crippen molar-refractivity contribution in [2.24, 2.45) is 5.90 Å². The number of hydrogen-bond acceptors (Lipinski definition) is 2. The van der Waals surface area contributed by atoms with Crippen LogP contribution in [0.5, 0.6) is 0 Å². The van der Waals surface area contributed by atoms with Gasteiger partial charge in [0.15, 0.2) is 0 Å². The molecule has 0 aliphatic rings. The minimum absolute atomic E-state index is 0.493. The Kier molecular flexibility index (Phi) is 6.34. The van der Waals surface area contributed by atoms with Gasteiger partial charge in [0.1, 0.15) is 0 Å². The first kappa shape index (κ1) is 11.1. The van der Waals surface area contributed by atoms with Crippen molar-refractivity contribution in [1.82, 2.24) is 0 Å². The highest BCUT2D eigenvalue weighted by Gasteiger charge is 1.93. The van der Waals surface area contributed by atoms with Gasteiger partial charge in [-0.15, -0.1) is 0 Å². The summed E-state index contributed by atoms with van der Waals surface area (Å²) in [6.45, 7) is 6.53. The highest BCUT2D eigenvalue weighted by molar-refractivity contribution is 5.24. The molecule has 2 nitrogen and oxygen atoms in total. The summed E-state index contributed by atoms with van der Waals surface area (Å²) in [6.07, 6.45) is 0. The first-order valence-electron chi connectivity index (χ1n) is 4.21. The van der Waals surface area contributed by atoms with Gasteiger partial charge in [0.25, 0.3) is 0 Å². The molecule has 0 heterocycles. The van der Waals surface area contributed by atoms with Crippen molar-refractivity contribution in [3.63, 3.8) is 0 Å². The lowest BCUT2D eigenvalue weighted by Crippen LogP contribution is -1.99. The molecule has 0 radical (unpaired) electrons. The number of nitrogens with two attached hydrogens (primary N) is 1. The van der Waals surface area contributed by atoms with Crippen LogP contribution in [-0.2, 0) is 11.4 Å². The topological polar surface area (TPSA) is 35.2 Å². The van der Waals surface area contributed by atoms with Crippen LogP contribution in [-0.4, -0.2) is 0 Å². The number of benzene rings is 1. The summed E-state index contributed by atoms with van der Waals surface area (Å²) in [5.74, 6) is 4.93. The van der Waals surface area contributed by atoms with E-state index >= 15 is 0 Å². The minimum atomic E-state index is 0.493. The van der Waals surface area contributed by atoms with Gasteiger partial charge in [-0.3, -0.25) is 4.84 Å². The second kappa shape index (κ2) is 6.83. The van der Waals surface area contributed by atoms with Crippen molar-refractivity contribution in [1.29, 1.82) is 0 Å². The van der Waals surface area contributed by atoms with Crippen LogP contribution < -0.4 is 5.90 Å². The number of rotatable bonds is 2. The molecule has 1 aromatic rings. The van der Waals surface area contributed by atoms with Crippen molar-refractivity contribution in [3.8, 4) is 0 Å². The van der Waals surface area contributed by atoms with Gasteiger partial charge < -0.3 is 0 Å². The molecule has 2 heteroatoms. The van der Waals surface area contributed by atoms with Crippen molar-refractivity contribution < 1.29 is 4.84 Å². The van der Waals surface area contributed by atoms with Crippen molar-refractivity contribution in [3.05, 3.63) is 35.4 Å². The molecule has 0 aromatic heterocycles. The molecule has 0 bridgehead atoms. The maximum absolute atomic E-state index is 4.93. The van der Waals surface area contributed by atoms with E-state index < -0.39 is 0 Å². The van der Waals surface area contributed by atoms with Crippen LogP contribution in [0, 0.1) is 6.92 Å². The maximum Gasteiger partial charge on any atom is 0.0932 e. The van der Waals surface area contributed by atoms with Gasteiger partial charge in [-0.25, -0.2) is 5.90 Å². The van der Waals surface area contributed by atoms with Crippen molar-refractivity contribution in [2.45, 2.75) is 27.4 Å². The Morgan fingerprint density at radius 2 is 1.83 bits per heavy atom. The molecule has 0 spiro atoms. The summed E-state index contributed by atoms with van der Waals surface area (Å²) in [5.41, 5.74) is 2.36. The van der Waals surface area contributed by atoms with E-state index in [0.717, 1.165) is 5.56 Å². The van der Waals surface area contributed by atoms with Gasteiger partial charge >= 0.3 is 0 Å². The van der Waals surface area contributed by atoms with Crippen LogP contribution in [0.3, 0.4) is 0 Å². The van der Waals surface area contributed by atoms with E-state index in [2.05, 4.69) is 4.84 Å². The normalized spacial score (nSPS) is 8.67. The summed E-state index contributed by atoms with van der Waals surface area (Å²) in [4.78, 5) is 4.51. The number of hydrogen-bond donors (Lipinski definition) is 1. The standard InChI is InChI=1S/C8H11NO.C2H6/c1-7-4-2-3-5-8(7)6-10-9;1-2/h2-5H,6,9H2,1H3;1-2H3. The van der Waals surface area contributed by atoms with Gasteiger partial charge in [-0.2, -0.15) is 0 Å². The lowest BCUT2D eigenvalue weighted by molar-refractivity contribution is 0.123. The first-order chi connectivity index (χ1) is 5.84. The Labute approximate surface area is 74.3 Å². The van der Waals surface area contributed by atoms with E-state index in [-0.39, 0.29) is 0 Å². The smallest absolute Gasteiger partial charge is 0.0932 e. The molecule has 1 rings (SSSR count). The highest BCUT2D eigenvalue weighted by Crippen LogP contribution is 2.06. The lowest BCUT2D eigenvalue weighted by atomic mass is 10.1. The Bertz CT molecular complexity index is 211. The zero-order valence-electron chi connectivity index (χ0n) is 8.00. The third-order valence-corrected chi connectivity index (χ3v) is 1.50.